The van der Waals surface area contributed by atoms with Gasteiger partial charge in [0.2, 0.25) is 5.76 Å². The van der Waals surface area contributed by atoms with Crippen LogP contribution in [0.1, 0.15) is 10.6 Å². The van der Waals surface area contributed by atoms with Crippen molar-refractivity contribution in [2.75, 3.05) is 25.1 Å². The molecular weight excluding hydrogens is 224 g/mol. The number of halogens is 2. The topological polar surface area (TPSA) is 71.7 Å². The molecule has 0 saturated heterocycles. The number of carboxylic acid groups (broad SMARTS) is 1. The summed E-state index contributed by atoms with van der Waals surface area (Å²) in [4.78, 5) is 10.4. The summed E-state index contributed by atoms with van der Waals surface area (Å²) in [5.41, 5.74) is 0. The molecule has 1 heterocycles. The molecular formula is C9H11F2NO4. The molecule has 0 spiro atoms. The van der Waals surface area contributed by atoms with Crippen LogP contribution in [0.5, 0.6) is 0 Å². The summed E-state index contributed by atoms with van der Waals surface area (Å²) >= 11 is 0. The van der Waals surface area contributed by atoms with E-state index in [2.05, 4.69) is 10.1 Å². The van der Waals surface area contributed by atoms with Crippen molar-refractivity contribution < 1.29 is 27.8 Å². The molecule has 1 aromatic rings. The highest BCUT2D eigenvalue weighted by Crippen LogP contribution is 2.12. The van der Waals surface area contributed by atoms with Gasteiger partial charge in [-0.25, -0.2) is 13.6 Å². The van der Waals surface area contributed by atoms with Crippen molar-refractivity contribution >= 4 is 11.9 Å². The van der Waals surface area contributed by atoms with Crippen molar-refractivity contribution in [3.63, 3.8) is 0 Å². The van der Waals surface area contributed by atoms with Crippen molar-refractivity contribution in [1.82, 2.24) is 0 Å². The number of nitrogens with one attached hydrogen (secondary N) is 1. The van der Waals surface area contributed by atoms with Crippen LogP contribution >= 0.6 is 0 Å². The average Bonchev–Trinajstić information content (AvgIpc) is 2.65. The fraction of sp³-hybridized carbons (Fsp3) is 0.444. The maximum atomic E-state index is 11.6. The minimum absolute atomic E-state index is 0.0907. The van der Waals surface area contributed by atoms with Gasteiger partial charge in [0.1, 0.15) is 6.61 Å². The Bertz CT molecular complexity index is 340. The van der Waals surface area contributed by atoms with Crippen LogP contribution < -0.4 is 5.32 Å². The Kier molecular flexibility index (Phi) is 4.71. The van der Waals surface area contributed by atoms with E-state index in [0.717, 1.165) is 0 Å². The van der Waals surface area contributed by atoms with Crippen LogP contribution in [0.25, 0.3) is 0 Å². The summed E-state index contributed by atoms with van der Waals surface area (Å²) in [6.45, 7) is -0.257. The molecule has 0 amide bonds. The van der Waals surface area contributed by atoms with E-state index in [9.17, 15) is 13.6 Å². The standard InChI is InChI=1S/C9H11F2NO4/c10-7(11)5-15-4-3-12-8-2-1-6(16-8)9(13)14/h1-2,7,12H,3-5H2,(H,13,14). The first-order valence-corrected chi connectivity index (χ1v) is 4.52. The molecule has 0 aliphatic carbocycles. The van der Waals surface area contributed by atoms with E-state index in [1.54, 1.807) is 0 Å². The van der Waals surface area contributed by atoms with Crippen molar-refractivity contribution in [3.8, 4) is 0 Å². The molecule has 0 fully saturated rings. The Balaban J connectivity index is 2.19. The van der Waals surface area contributed by atoms with Gasteiger partial charge in [-0.3, -0.25) is 0 Å². The summed E-state index contributed by atoms with van der Waals surface area (Å²) in [6.07, 6.45) is -2.48. The minimum atomic E-state index is -2.48. The minimum Gasteiger partial charge on any atom is -0.475 e. The van der Waals surface area contributed by atoms with E-state index in [1.807, 2.05) is 0 Å². The lowest BCUT2D eigenvalue weighted by Crippen LogP contribution is -2.12. The number of carboxylic acids is 1. The van der Waals surface area contributed by atoms with Crippen LogP contribution in [0.15, 0.2) is 16.5 Å². The number of ether oxygens (including phenoxy) is 1. The van der Waals surface area contributed by atoms with Crippen LogP contribution in [0.2, 0.25) is 0 Å². The Labute approximate surface area is 90.0 Å². The summed E-state index contributed by atoms with van der Waals surface area (Å²) in [5, 5.41) is 11.2. The lowest BCUT2D eigenvalue weighted by Gasteiger charge is -2.04. The van der Waals surface area contributed by atoms with Crippen LogP contribution in [0.3, 0.4) is 0 Å². The first kappa shape index (κ1) is 12.4. The summed E-state index contributed by atoms with van der Waals surface area (Å²) in [6, 6.07) is 2.74. The Morgan fingerprint density at radius 3 is 2.88 bits per heavy atom. The van der Waals surface area contributed by atoms with Crippen LogP contribution in [0.4, 0.5) is 14.7 Å². The number of anilines is 1. The van der Waals surface area contributed by atoms with Crippen molar-refractivity contribution in [2.45, 2.75) is 6.43 Å². The molecule has 1 rings (SSSR count). The largest absolute Gasteiger partial charge is 0.475 e. The number of furan rings is 1. The molecule has 0 bridgehead atoms. The van der Waals surface area contributed by atoms with Gasteiger partial charge in [0.15, 0.2) is 5.88 Å². The van der Waals surface area contributed by atoms with E-state index in [1.165, 1.54) is 12.1 Å². The molecule has 1 aromatic heterocycles. The number of aromatic carboxylic acids is 1. The molecule has 0 aromatic carbocycles. The Morgan fingerprint density at radius 1 is 1.56 bits per heavy atom. The molecule has 0 saturated carbocycles. The van der Waals surface area contributed by atoms with E-state index in [4.69, 9.17) is 9.52 Å². The monoisotopic (exact) mass is 235 g/mol. The predicted molar refractivity (Wildman–Crippen MR) is 51.0 cm³/mol. The number of rotatable bonds is 7. The second-order valence-electron chi connectivity index (χ2n) is 2.86. The third-order valence-electron chi connectivity index (χ3n) is 1.61. The average molecular weight is 235 g/mol. The summed E-state index contributed by atoms with van der Waals surface area (Å²) < 4.78 is 32.8. The van der Waals surface area contributed by atoms with Gasteiger partial charge in [-0.1, -0.05) is 0 Å². The molecule has 0 unspecified atom stereocenters. The van der Waals surface area contributed by atoms with Gasteiger partial charge in [0.05, 0.1) is 6.61 Å². The van der Waals surface area contributed by atoms with Gasteiger partial charge < -0.3 is 19.6 Å². The highest BCUT2D eigenvalue weighted by Gasteiger charge is 2.08. The summed E-state index contributed by atoms with van der Waals surface area (Å²) in [7, 11) is 0. The van der Waals surface area contributed by atoms with Gasteiger partial charge >= 0.3 is 5.97 Å². The zero-order chi connectivity index (χ0) is 12.0. The maximum absolute atomic E-state index is 11.6. The number of hydrogen-bond donors (Lipinski definition) is 2. The first-order valence-electron chi connectivity index (χ1n) is 4.52. The third kappa shape index (κ3) is 4.26. The quantitative estimate of drug-likeness (QED) is 0.703. The number of hydrogen-bond acceptors (Lipinski definition) is 4. The van der Waals surface area contributed by atoms with Gasteiger partial charge in [0.25, 0.3) is 6.43 Å². The molecule has 0 atom stereocenters. The fourth-order valence-corrected chi connectivity index (χ4v) is 0.967. The van der Waals surface area contributed by atoms with E-state index >= 15 is 0 Å². The van der Waals surface area contributed by atoms with Crippen LogP contribution in [0, 0.1) is 0 Å². The molecule has 2 N–H and O–H groups in total. The molecule has 7 heteroatoms. The van der Waals surface area contributed by atoms with E-state index < -0.39 is 19.0 Å². The predicted octanol–water partition coefficient (Wildman–Crippen LogP) is 1.67. The molecule has 0 aliphatic rings. The van der Waals surface area contributed by atoms with E-state index in [0.29, 0.717) is 0 Å². The SMILES string of the molecule is O=C(O)c1ccc(NCCOCC(F)F)o1. The first-order chi connectivity index (χ1) is 7.59. The molecule has 16 heavy (non-hydrogen) atoms. The van der Waals surface area contributed by atoms with Gasteiger partial charge in [0, 0.05) is 12.6 Å². The second-order valence-corrected chi connectivity index (χ2v) is 2.86. The number of carbonyl (C=O) groups is 1. The normalized spacial score (nSPS) is 10.7. The Hall–Kier alpha value is -1.63. The zero-order valence-electron chi connectivity index (χ0n) is 8.28. The second kappa shape index (κ2) is 6.06. The van der Waals surface area contributed by atoms with Crippen LogP contribution in [-0.2, 0) is 4.74 Å². The zero-order valence-corrected chi connectivity index (χ0v) is 8.28. The molecule has 5 nitrogen and oxygen atoms in total. The molecule has 0 radical (unpaired) electrons. The van der Waals surface area contributed by atoms with Gasteiger partial charge in [-0.2, -0.15) is 0 Å². The smallest absolute Gasteiger partial charge is 0.371 e. The van der Waals surface area contributed by atoms with Crippen LogP contribution in [-0.4, -0.2) is 37.3 Å². The molecule has 0 aliphatic heterocycles. The van der Waals surface area contributed by atoms with Crippen molar-refractivity contribution in [3.05, 3.63) is 17.9 Å². The van der Waals surface area contributed by atoms with Gasteiger partial charge in [-0.15, -0.1) is 0 Å². The number of alkyl halides is 2. The Morgan fingerprint density at radius 2 is 2.31 bits per heavy atom. The highest BCUT2D eigenvalue weighted by atomic mass is 19.3. The van der Waals surface area contributed by atoms with Crippen molar-refractivity contribution in [2.24, 2.45) is 0 Å². The lowest BCUT2D eigenvalue weighted by molar-refractivity contribution is 0.0214. The highest BCUT2D eigenvalue weighted by molar-refractivity contribution is 5.84. The lowest BCUT2D eigenvalue weighted by atomic mass is 10.4. The third-order valence-corrected chi connectivity index (χ3v) is 1.61. The maximum Gasteiger partial charge on any atom is 0.371 e. The van der Waals surface area contributed by atoms with Crippen molar-refractivity contribution in [1.29, 1.82) is 0 Å². The fourth-order valence-electron chi connectivity index (χ4n) is 0.967. The van der Waals surface area contributed by atoms with Gasteiger partial charge in [-0.05, 0) is 6.07 Å². The van der Waals surface area contributed by atoms with E-state index in [-0.39, 0.29) is 24.8 Å². The summed E-state index contributed by atoms with van der Waals surface area (Å²) in [5.74, 6) is -1.09. The molecule has 90 valence electrons.